The van der Waals surface area contributed by atoms with E-state index in [1.807, 2.05) is 30.3 Å². The van der Waals surface area contributed by atoms with Gasteiger partial charge in [-0.25, -0.2) is 4.98 Å². The fourth-order valence-electron chi connectivity index (χ4n) is 1.89. The minimum Gasteiger partial charge on any atom is -0.358 e. The summed E-state index contributed by atoms with van der Waals surface area (Å²) in [4.78, 5) is 26.2. The number of hydrogen-bond acceptors (Lipinski definition) is 4. The number of Topliss-reactive ketones (excluding diaryl/α,β-unsaturated/α-hetero) is 1. The molecule has 0 spiro atoms. The molecule has 0 bridgehead atoms. The van der Waals surface area contributed by atoms with Gasteiger partial charge in [0.15, 0.2) is 17.3 Å². The predicted molar refractivity (Wildman–Crippen MR) is 74.9 cm³/mol. The van der Waals surface area contributed by atoms with Crippen molar-refractivity contribution in [2.75, 3.05) is 0 Å². The Morgan fingerprint density at radius 3 is 2.55 bits per heavy atom. The van der Waals surface area contributed by atoms with Crippen LogP contribution in [-0.2, 0) is 4.79 Å². The van der Waals surface area contributed by atoms with Crippen LogP contribution in [0, 0.1) is 17.0 Å². The minimum absolute atomic E-state index is 0.220. The maximum atomic E-state index is 11.8. The van der Waals surface area contributed by atoms with Crippen LogP contribution >= 0.6 is 0 Å². The number of nitro groups is 1. The lowest BCUT2D eigenvalue weighted by molar-refractivity contribution is -0.390. The molecule has 0 aliphatic carbocycles. The second kappa shape index (κ2) is 5.48. The van der Waals surface area contributed by atoms with Gasteiger partial charge in [0, 0.05) is 13.8 Å². The van der Waals surface area contributed by atoms with Crippen LogP contribution in [0.15, 0.2) is 36.5 Å². The molecule has 0 unspecified atom stereocenters. The molecule has 0 fully saturated rings. The first-order valence-corrected chi connectivity index (χ1v) is 5.97. The average Bonchev–Trinajstić information content (AvgIpc) is 2.79. The van der Waals surface area contributed by atoms with Crippen molar-refractivity contribution in [2.45, 2.75) is 13.8 Å². The summed E-state index contributed by atoms with van der Waals surface area (Å²) in [6.07, 6.45) is 2.76. The van der Waals surface area contributed by atoms with Gasteiger partial charge < -0.3 is 10.1 Å². The van der Waals surface area contributed by atoms with Gasteiger partial charge in [-0.3, -0.25) is 4.79 Å². The van der Waals surface area contributed by atoms with Gasteiger partial charge in [-0.15, -0.1) is 0 Å². The molecule has 0 radical (unpaired) electrons. The smallest absolute Gasteiger partial charge is 0.348 e. The van der Waals surface area contributed by atoms with Crippen molar-refractivity contribution in [3.8, 4) is 0 Å². The average molecular weight is 271 g/mol. The molecule has 6 nitrogen and oxygen atoms in total. The van der Waals surface area contributed by atoms with E-state index >= 15 is 0 Å². The van der Waals surface area contributed by atoms with Gasteiger partial charge in [-0.1, -0.05) is 30.3 Å². The van der Waals surface area contributed by atoms with Gasteiger partial charge in [0.05, 0.1) is 0 Å². The summed E-state index contributed by atoms with van der Waals surface area (Å²) in [5.41, 5.74) is 1.01. The molecule has 0 atom stereocenters. The van der Waals surface area contributed by atoms with Crippen LogP contribution in [0.25, 0.3) is 11.8 Å². The summed E-state index contributed by atoms with van der Waals surface area (Å²) < 4.78 is 1.26. The van der Waals surface area contributed by atoms with Crippen LogP contribution in [0.3, 0.4) is 0 Å². The van der Waals surface area contributed by atoms with Gasteiger partial charge in [-0.05, 0) is 16.6 Å². The molecule has 1 heterocycles. The molecule has 0 N–H and O–H groups in total. The fourth-order valence-corrected chi connectivity index (χ4v) is 1.89. The SMILES string of the molecule is CC(=O)/C(=C\c1ccccc1)n1c([N+](=O)[O-])cnc1C. The van der Waals surface area contributed by atoms with Gasteiger partial charge in [0.2, 0.25) is 0 Å². The van der Waals surface area contributed by atoms with E-state index < -0.39 is 4.92 Å². The van der Waals surface area contributed by atoms with Crippen molar-refractivity contribution in [2.24, 2.45) is 0 Å². The van der Waals surface area contributed by atoms with E-state index in [9.17, 15) is 14.9 Å². The number of imidazole rings is 1. The highest BCUT2D eigenvalue weighted by atomic mass is 16.6. The van der Waals surface area contributed by atoms with E-state index in [-0.39, 0.29) is 17.3 Å². The monoisotopic (exact) mass is 271 g/mol. The molecule has 6 heteroatoms. The summed E-state index contributed by atoms with van der Waals surface area (Å²) in [7, 11) is 0. The first kappa shape index (κ1) is 13.7. The molecular formula is C14H13N3O3. The number of aromatic nitrogens is 2. The Labute approximate surface area is 115 Å². The third kappa shape index (κ3) is 2.64. The molecule has 0 aliphatic rings. The maximum absolute atomic E-state index is 11.8. The molecule has 2 rings (SSSR count). The Kier molecular flexibility index (Phi) is 3.74. The molecule has 2 aromatic rings. The van der Waals surface area contributed by atoms with E-state index in [4.69, 9.17) is 0 Å². The molecule has 0 amide bonds. The summed E-state index contributed by atoms with van der Waals surface area (Å²) in [5.74, 6) is -0.0907. The van der Waals surface area contributed by atoms with Crippen LogP contribution in [0.4, 0.5) is 5.82 Å². The van der Waals surface area contributed by atoms with Gasteiger partial charge >= 0.3 is 5.82 Å². The number of allylic oxidation sites excluding steroid dienone is 1. The van der Waals surface area contributed by atoms with Gasteiger partial charge in [-0.2, -0.15) is 4.57 Å². The van der Waals surface area contributed by atoms with Gasteiger partial charge in [0.1, 0.15) is 6.20 Å². The number of rotatable bonds is 4. The van der Waals surface area contributed by atoms with Crippen molar-refractivity contribution in [1.82, 2.24) is 9.55 Å². The molecule has 1 aromatic heterocycles. The first-order chi connectivity index (χ1) is 9.50. The number of hydrogen-bond donors (Lipinski definition) is 0. The van der Waals surface area contributed by atoms with Crippen LogP contribution in [-0.4, -0.2) is 20.3 Å². The number of carbonyl (C=O) groups excluding carboxylic acids is 1. The molecule has 1 aromatic carbocycles. The highest BCUT2D eigenvalue weighted by molar-refractivity contribution is 6.19. The fraction of sp³-hybridized carbons (Fsp3) is 0.143. The zero-order valence-electron chi connectivity index (χ0n) is 11.1. The second-order valence-corrected chi connectivity index (χ2v) is 4.25. The number of benzene rings is 1. The number of ketones is 1. The van der Waals surface area contributed by atoms with Crippen LogP contribution in [0.5, 0.6) is 0 Å². The van der Waals surface area contributed by atoms with E-state index in [0.29, 0.717) is 5.82 Å². The van der Waals surface area contributed by atoms with Gasteiger partial charge in [0.25, 0.3) is 0 Å². The highest BCUT2D eigenvalue weighted by Gasteiger charge is 2.24. The maximum Gasteiger partial charge on any atom is 0.348 e. The number of nitrogens with zero attached hydrogens (tertiary/aromatic N) is 3. The Morgan fingerprint density at radius 1 is 1.35 bits per heavy atom. The Morgan fingerprint density at radius 2 is 2.00 bits per heavy atom. The Hall–Kier alpha value is -2.76. The molecule has 0 saturated carbocycles. The largest absolute Gasteiger partial charge is 0.358 e. The lowest BCUT2D eigenvalue weighted by Crippen LogP contribution is -2.10. The summed E-state index contributed by atoms with van der Waals surface area (Å²) in [5, 5.41) is 11.0. The van der Waals surface area contributed by atoms with Crippen molar-refractivity contribution >= 4 is 23.4 Å². The van der Waals surface area contributed by atoms with E-state index in [1.54, 1.807) is 13.0 Å². The third-order valence-electron chi connectivity index (χ3n) is 2.81. The lowest BCUT2D eigenvalue weighted by Gasteiger charge is -2.04. The zero-order valence-corrected chi connectivity index (χ0v) is 11.1. The summed E-state index contributed by atoms with van der Waals surface area (Å²) in [6.45, 7) is 2.99. The normalized spacial score (nSPS) is 11.4. The van der Waals surface area contributed by atoms with Crippen molar-refractivity contribution < 1.29 is 9.72 Å². The van der Waals surface area contributed by atoms with Crippen molar-refractivity contribution in [3.05, 3.63) is 58.0 Å². The first-order valence-electron chi connectivity index (χ1n) is 5.97. The number of aryl methyl sites for hydroxylation is 1. The van der Waals surface area contributed by atoms with E-state index in [2.05, 4.69) is 4.98 Å². The van der Waals surface area contributed by atoms with Crippen molar-refractivity contribution in [3.63, 3.8) is 0 Å². The quantitative estimate of drug-likeness (QED) is 0.486. The second-order valence-electron chi connectivity index (χ2n) is 4.25. The third-order valence-corrected chi connectivity index (χ3v) is 2.81. The molecule has 20 heavy (non-hydrogen) atoms. The van der Waals surface area contributed by atoms with Crippen LogP contribution in [0.1, 0.15) is 18.3 Å². The lowest BCUT2D eigenvalue weighted by atomic mass is 10.1. The standard InChI is InChI=1S/C14H13N3O3/c1-10(18)13(8-12-6-4-3-5-7-12)16-11(2)15-9-14(16)17(19)20/h3-9H,1-2H3/b13-8+. The minimum atomic E-state index is -0.554. The molecule has 102 valence electrons. The van der Waals surface area contributed by atoms with E-state index in [1.165, 1.54) is 11.5 Å². The highest BCUT2D eigenvalue weighted by Crippen LogP contribution is 2.22. The predicted octanol–water partition coefficient (Wildman–Crippen LogP) is 2.69. The summed E-state index contributed by atoms with van der Waals surface area (Å²) >= 11 is 0. The number of carbonyl (C=O) groups is 1. The van der Waals surface area contributed by atoms with Crippen molar-refractivity contribution in [1.29, 1.82) is 0 Å². The zero-order chi connectivity index (χ0) is 14.7. The van der Waals surface area contributed by atoms with E-state index in [0.717, 1.165) is 11.8 Å². The van der Waals surface area contributed by atoms with Crippen LogP contribution < -0.4 is 0 Å². The summed E-state index contributed by atoms with van der Waals surface area (Å²) in [6, 6.07) is 9.16. The molecule has 0 saturated heterocycles. The molecule has 0 aliphatic heterocycles. The molecular weight excluding hydrogens is 258 g/mol. The Balaban J connectivity index is 2.61. The van der Waals surface area contributed by atoms with Crippen LogP contribution in [0.2, 0.25) is 0 Å². The topological polar surface area (TPSA) is 78.0 Å². The Bertz CT molecular complexity index is 687.